The van der Waals surface area contributed by atoms with Crippen LogP contribution in [0.4, 0.5) is 5.69 Å². The van der Waals surface area contributed by atoms with Crippen LogP contribution in [0.5, 0.6) is 0 Å². The minimum Gasteiger partial charge on any atom is -0.378 e. The number of thioether (sulfide) groups is 1. The maximum absolute atomic E-state index is 12.1. The van der Waals surface area contributed by atoms with E-state index in [1.54, 1.807) is 0 Å². The number of rotatable bonds is 2. The molecule has 5 nitrogen and oxygen atoms in total. The van der Waals surface area contributed by atoms with Gasteiger partial charge in [0, 0.05) is 5.69 Å². The Hall–Kier alpha value is -1.82. The molecule has 0 radical (unpaired) electrons. The van der Waals surface area contributed by atoms with Crippen molar-refractivity contribution in [2.24, 2.45) is 10.7 Å². The number of carbonyl (C=O) groups excluding carboxylic acids is 2. The van der Waals surface area contributed by atoms with Crippen LogP contribution >= 0.6 is 11.8 Å². The Bertz CT molecular complexity index is 569. The molecule has 19 heavy (non-hydrogen) atoms. The summed E-state index contributed by atoms with van der Waals surface area (Å²) in [6, 6.07) is 5.69. The van der Waals surface area contributed by atoms with Gasteiger partial charge in [0.05, 0.1) is 6.42 Å². The normalized spacial score (nSPS) is 18.9. The second kappa shape index (κ2) is 5.44. The maximum atomic E-state index is 12.1. The van der Waals surface area contributed by atoms with Crippen LogP contribution in [0.15, 0.2) is 23.2 Å². The number of nitrogens with one attached hydrogen (secondary N) is 1. The number of carbonyl (C=O) groups is 2. The third-order valence-corrected chi connectivity index (χ3v) is 3.92. The summed E-state index contributed by atoms with van der Waals surface area (Å²) in [6.07, 6.45) is 0.0854. The third-order valence-electron chi connectivity index (χ3n) is 2.92. The van der Waals surface area contributed by atoms with Gasteiger partial charge in [-0.25, -0.2) is 0 Å². The molecule has 1 atom stereocenters. The largest absolute Gasteiger partial charge is 0.378 e. The molecule has 6 heteroatoms. The maximum Gasteiger partial charge on any atom is 0.249 e. The van der Waals surface area contributed by atoms with Crippen LogP contribution in [-0.4, -0.2) is 22.2 Å². The molecule has 100 valence electrons. The Morgan fingerprint density at radius 3 is 2.79 bits per heavy atom. The van der Waals surface area contributed by atoms with Gasteiger partial charge in [0.25, 0.3) is 0 Å². The zero-order valence-electron chi connectivity index (χ0n) is 10.8. The molecule has 0 spiro atoms. The second-order valence-electron chi connectivity index (χ2n) is 4.44. The number of amidine groups is 1. The Balaban J connectivity index is 2.07. The van der Waals surface area contributed by atoms with Crippen LogP contribution in [0.2, 0.25) is 0 Å². The topological polar surface area (TPSA) is 84.5 Å². The summed E-state index contributed by atoms with van der Waals surface area (Å²) >= 11 is 1.12. The van der Waals surface area contributed by atoms with Crippen LogP contribution in [0.25, 0.3) is 0 Å². The van der Waals surface area contributed by atoms with Crippen molar-refractivity contribution < 1.29 is 9.59 Å². The van der Waals surface area contributed by atoms with E-state index < -0.39 is 5.25 Å². The van der Waals surface area contributed by atoms with Gasteiger partial charge < -0.3 is 11.1 Å². The van der Waals surface area contributed by atoms with Crippen LogP contribution < -0.4 is 11.1 Å². The molecule has 0 saturated heterocycles. The van der Waals surface area contributed by atoms with E-state index in [1.165, 1.54) is 0 Å². The van der Waals surface area contributed by atoms with Crippen molar-refractivity contribution >= 4 is 34.4 Å². The smallest absolute Gasteiger partial charge is 0.249 e. The molecular formula is C13H15N3O2S. The van der Waals surface area contributed by atoms with Crippen LogP contribution in [0.3, 0.4) is 0 Å². The number of benzene rings is 1. The van der Waals surface area contributed by atoms with Crippen molar-refractivity contribution in [3.05, 3.63) is 29.3 Å². The average molecular weight is 277 g/mol. The van der Waals surface area contributed by atoms with E-state index in [4.69, 9.17) is 5.73 Å². The van der Waals surface area contributed by atoms with Crippen molar-refractivity contribution in [2.75, 3.05) is 5.32 Å². The first-order chi connectivity index (χ1) is 8.95. The van der Waals surface area contributed by atoms with E-state index in [9.17, 15) is 9.59 Å². The molecule has 2 rings (SSSR count). The molecule has 0 fully saturated rings. The first kappa shape index (κ1) is 13.6. The molecule has 1 aliphatic rings. The predicted molar refractivity (Wildman–Crippen MR) is 77.2 cm³/mol. The van der Waals surface area contributed by atoms with Gasteiger partial charge in [0.15, 0.2) is 5.17 Å². The highest BCUT2D eigenvalue weighted by Gasteiger charge is 2.27. The van der Waals surface area contributed by atoms with E-state index in [1.807, 2.05) is 32.0 Å². The van der Waals surface area contributed by atoms with Crippen molar-refractivity contribution in [3.63, 3.8) is 0 Å². The lowest BCUT2D eigenvalue weighted by Crippen LogP contribution is -2.33. The number of aliphatic imine (C=N–C) groups is 1. The minimum atomic E-state index is -0.508. The number of aryl methyl sites for hydroxylation is 2. The van der Waals surface area contributed by atoms with Gasteiger partial charge in [-0.2, -0.15) is 4.99 Å². The minimum absolute atomic E-state index is 0.0854. The van der Waals surface area contributed by atoms with Gasteiger partial charge in [0.1, 0.15) is 5.25 Å². The number of hydrogen-bond acceptors (Lipinski definition) is 4. The Labute approximate surface area is 115 Å². The monoisotopic (exact) mass is 277 g/mol. The molecule has 1 aromatic carbocycles. The fourth-order valence-corrected chi connectivity index (χ4v) is 2.57. The van der Waals surface area contributed by atoms with E-state index in [-0.39, 0.29) is 23.4 Å². The zero-order chi connectivity index (χ0) is 14.0. The van der Waals surface area contributed by atoms with Gasteiger partial charge in [-0.05, 0) is 37.1 Å². The van der Waals surface area contributed by atoms with Gasteiger partial charge in [0.2, 0.25) is 11.8 Å². The Morgan fingerprint density at radius 1 is 1.42 bits per heavy atom. The quantitative estimate of drug-likeness (QED) is 0.859. The first-order valence-electron chi connectivity index (χ1n) is 5.87. The highest BCUT2D eigenvalue weighted by molar-refractivity contribution is 8.15. The molecule has 0 aliphatic carbocycles. The van der Waals surface area contributed by atoms with Crippen molar-refractivity contribution in [1.29, 1.82) is 0 Å². The molecule has 2 amide bonds. The average Bonchev–Trinajstić information content (AvgIpc) is 2.32. The summed E-state index contributed by atoms with van der Waals surface area (Å²) < 4.78 is 0. The zero-order valence-corrected chi connectivity index (χ0v) is 11.6. The van der Waals surface area contributed by atoms with E-state index in [2.05, 4.69) is 10.3 Å². The summed E-state index contributed by atoms with van der Waals surface area (Å²) in [5.41, 5.74) is 8.49. The molecule has 3 N–H and O–H groups in total. The molecule has 0 saturated carbocycles. The number of hydrogen-bond donors (Lipinski definition) is 2. The van der Waals surface area contributed by atoms with Gasteiger partial charge in [-0.15, -0.1) is 0 Å². The predicted octanol–water partition coefficient (Wildman–Crippen LogP) is 1.59. The molecule has 0 bridgehead atoms. The fraction of sp³-hybridized carbons (Fsp3) is 0.308. The Morgan fingerprint density at radius 2 is 2.16 bits per heavy atom. The number of nitrogens with zero attached hydrogens (tertiary/aromatic N) is 1. The SMILES string of the molecule is Cc1ccc(NC(=O)[C@@H]2CC(=O)N=C(N)S2)cc1C. The molecular weight excluding hydrogens is 262 g/mol. The highest BCUT2D eigenvalue weighted by atomic mass is 32.2. The van der Waals surface area contributed by atoms with Crippen molar-refractivity contribution in [2.45, 2.75) is 25.5 Å². The molecule has 1 heterocycles. The first-order valence-corrected chi connectivity index (χ1v) is 6.75. The lowest BCUT2D eigenvalue weighted by Gasteiger charge is -2.18. The van der Waals surface area contributed by atoms with Gasteiger partial charge >= 0.3 is 0 Å². The lowest BCUT2D eigenvalue weighted by molar-refractivity contribution is -0.121. The van der Waals surface area contributed by atoms with E-state index in [0.29, 0.717) is 0 Å². The summed E-state index contributed by atoms with van der Waals surface area (Å²) in [5, 5.41) is 2.44. The molecule has 1 aliphatic heterocycles. The van der Waals surface area contributed by atoms with Crippen LogP contribution in [0, 0.1) is 13.8 Å². The number of amides is 2. The Kier molecular flexibility index (Phi) is 3.90. The van der Waals surface area contributed by atoms with Crippen molar-refractivity contribution in [3.8, 4) is 0 Å². The van der Waals surface area contributed by atoms with E-state index in [0.717, 1.165) is 28.6 Å². The van der Waals surface area contributed by atoms with Crippen LogP contribution in [0.1, 0.15) is 17.5 Å². The van der Waals surface area contributed by atoms with Crippen LogP contribution in [-0.2, 0) is 9.59 Å². The molecule has 0 aromatic heterocycles. The lowest BCUT2D eigenvalue weighted by atomic mass is 10.1. The number of nitrogens with two attached hydrogens (primary N) is 1. The van der Waals surface area contributed by atoms with Crippen molar-refractivity contribution in [1.82, 2.24) is 0 Å². The summed E-state index contributed by atoms with van der Waals surface area (Å²) in [7, 11) is 0. The highest BCUT2D eigenvalue weighted by Crippen LogP contribution is 2.22. The van der Waals surface area contributed by atoms with Gasteiger partial charge in [-0.1, -0.05) is 17.8 Å². The molecule has 1 aromatic rings. The van der Waals surface area contributed by atoms with Gasteiger partial charge in [-0.3, -0.25) is 9.59 Å². The molecule has 0 unspecified atom stereocenters. The third kappa shape index (κ3) is 3.35. The summed E-state index contributed by atoms with van der Waals surface area (Å²) in [5.74, 6) is -0.573. The number of anilines is 1. The second-order valence-corrected chi connectivity index (χ2v) is 5.67. The summed E-state index contributed by atoms with van der Waals surface area (Å²) in [6.45, 7) is 3.99. The summed E-state index contributed by atoms with van der Waals surface area (Å²) in [4.78, 5) is 26.9. The standard InChI is InChI=1S/C13H15N3O2S/c1-7-3-4-9(5-8(7)2)15-12(18)10-6-11(17)16-13(14)19-10/h3-5,10H,6H2,1-2H3,(H,15,18)(H2,14,16,17)/t10-/m0/s1. The van der Waals surface area contributed by atoms with E-state index >= 15 is 0 Å². The fourth-order valence-electron chi connectivity index (χ4n) is 1.73.